The van der Waals surface area contributed by atoms with Crippen molar-refractivity contribution in [2.45, 2.75) is 13.0 Å². The van der Waals surface area contributed by atoms with E-state index in [4.69, 9.17) is 11.6 Å². The van der Waals surface area contributed by atoms with Gasteiger partial charge in [-0.1, -0.05) is 35.9 Å². The van der Waals surface area contributed by atoms with Crippen LogP contribution in [0.1, 0.15) is 27.5 Å². The molecule has 0 bridgehead atoms. The summed E-state index contributed by atoms with van der Waals surface area (Å²) in [6.07, 6.45) is 0. The number of benzene rings is 2. The first kappa shape index (κ1) is 17.4. The minimum atomic E-state index is -0.463. The molecule has 1 atom stereocenters. The predicted molar refractivity (Wildman–Crippen MR) is 95.9 cm³/mol. The minimum absolute atomic E-state index is 0.0460. The molecule has 25 heavy (non-hydrogen) atoms. The average molecular weight is 360 g/mol. The van der Waals surface area contributed by atoms with Crippen molar-refractivity contribution < 1.29 is 9.72 Å². The summed E-state index contributed by atoms with van der Waals surface area (Å²) < 4.78 is 0. The lowest BCUT2D eigenvalue weighted by Crippen LogP contribution is -2.48. The molecule has 3 rings (SSSR count). The van der Waals surface area contributed by atoms with E-state index in [2.05, 4.69) is 5.32 Å². The van der Waals surface area contributed by atoms with Gasteiger partial charge in [-0.15, -0.1) is 0 Å². The highest BCUT2D eigenvalue weighted by molar-refractivity contribution is 6.31. The van der Waals surface area contributed by atoms with E-state index >= 15 is 0 Å². The fourth-order valence-electron chi connectivity index (χ4n) is 3.08. The Hall–Kier alpha value is -2.44. The molecule has 1 aliphatic heterocycles. The molecular weight excluding hydrogens is 342 g/mol. The van der Waals surface area contributed by atoms with Gasteiger partial charge >= 0.3 is 0 Å². The zero-order chi connectivity index (χ0) is 18.0. The molecule has 1 fully saturated rings. The average Bonchev–Trinajstić information content (AvgIpc) is 2.62. The van der Waals surface area contributed by atoms with Gasteiger partial charge in [0, 0.05) is 41.9 Å². The Morgan fingerprint density at radius 2 is 2.08 bits per heavy atom. The number of aryl methyl sites for hydroxylation is 1. The molecule has 1 aliphatic rings. The lowest BCUT2D eigenvalue weighted by Gasteiger charge is -2.37. The number of nitrogens with zero attached hydrogens (tertiary/aromatic N) is 2. The molecule has 0 spiro atoms. The van der Waals surface area contributed by atoms with Gasteiger partial charge in [-0.05, 0) is 24.6 Å². The summed E-state index contributed by atoms with van der Waals surface area (Å²) in [5.41, 5.74) is 1.67. The predicted octanol–water partition coefficient (Wildman–Crippen LogP) is 3.34. The van der Waals surface area contributed by atoms with Gasteiger partial charge in [0.1, 0.15) is 0 Å². The van der Waals surface area contributed by atoms with Crippen molar-refractivity contribution >= 4 is 23.2 Å². The number of piperazine rings is 1. The third kappa shape index (κ3) is 3.50. The largest absolute Gasteiger partial charge is 0.329 e. The Kier molecular flexibility index (Phi) is 5.01. The summed E-state index contributed by atoms with van der Waals surface area (Å²) >= 11 is 6.31. The number of hydrogen-bond acceptors (Lipinski definition) is 4. The molecular formula is C18H18ClN3O3. The van der Waals surface area contributed by atoms with E-state index in [1.54, 1.807) is 30.0 Å². The molecule has 2 aromatic carbocycles. The van der Waals surface area contributed by atoms with Crippen LogP contribution in [0.2, 0.25) is 5.02 Å². The molecule has 1 saturated heterocycles. The zero-order valence-electron chi connectivity index (χ0n) is 13.7. The van der Waals surface area contributed by atoms with Crippen molar-refractivity contribution in [1.82, 2.24) is 10.2 Å². The van der Waals surface area contributed by atoms with Gasteiger partial charge in [-0.25, -0.2) is 0 Å². The topological polar surface area (TPSA) is 75.5 Å². The molecule has 7 heteroatoms. The van der Waals surface area contributed by atoms with E-state index in [1.165, 1.54) is 6.07 Å². The molecule has 0 aromatic heterocycles. The van der Waals surface area contributed by atoms with Gasteiger partial charge in [0.2, 0.25) is 0 Å². The first-order valence-corrected chi connectivity index (χ1v) is 8.38. The monoisotopic (exact) mass is 359 g/mol. The summed E-state index contributed by atoms with van der Waals surface area (Å²) in [5.74, 6) is -0.227. The summed E-state index contributed by atoms with van der Waals surface area (Å²) in [5, 5.41) is 15.0. The molecule has 1 amide bonds. The zero-order valence-corrected chi connectivity index (χ0v) is 14.5. The number of nitro benzene ring substituents is 1. The first-order chi connectivity index (χ1) is 12.0. The van der Waals surface area contributed by atoms with Crippen LogP contribution in [-0.4, -0.2) is 35.4 Å². The highest BCUT2D eigenvalue weighted by atomic mass is 35.5. The van der Waals surface area contributed by atoms with Gasteiger partial charge in [-0.2, -0.15) is 0 Å². The van der Waals surface area contributed by atoms with Crippen LogP contribution in [0.25, 0.3) is 0 Å². The van der Waals surface area contributed by atoms with Crippen LogP contribution in [0.5, 0.6) is 0 Å². The Morgan fingerprint density at radius 1 is 1.32 bits per heavy atom. The molecule has 1 unspecified atom stereocenters. The summed E-state index contributed by atoms with van der Waals surface area (Å²) in [7, 11) is 0. The van der Waals surface area contributed by atoms with Crippen molar-refractivity contribution in [3.05, 3.63) is 74.3 Å². The van der Waals surface area contributed by atoms with E-state index < -0.39 is 4.92 Å². The third-order valence-corrected chi connectivity index (χ3v) is 4.77. The van der Waals surface area contributed by atoms with Crippen LogP contribution in [0, 0.1) is 17.0 Å². The van der Waals surface area contributed by atoms with Crippen molar-refractivity contribution in [3.8, 4) is 0 Å². The Labute approximate surface area is 150 Å². The number of amides is 1. The number of carbonyl (C=O) groups is 1. The molecule has 6 nitrogen and oxygen atoms in total. The molecule has 0 radical (unpaired) electrons. The van der Waals surface area contributed by atoms with Gasteiger partial charge in [0.15, 0.2) is 0 Å². The maximum Gasteiger partial charge on any atom is 0.273 e. The van der Waals surface area contributed by atoms with Gasteiger partial charge in [0.25, 0.3) is 11.6 Å². The number of nitro groups is 1. The standard InChI is InChI=1S/C18H18ClN3O3/c1-12-6-7-13(10-16(12)22(24)25)18(23)21-9-8-20-11-17(21)14-4-2-3-5-15(14)19/h2-7,10,17,20H,8-9,11H2,1H3. The fraction of sp³-hybridized carbons (Fsp3) is 0.278. The van der Waals surface area contributed by atoms with E-state index in [0.29, 0.717) is 35.8 Å². The smallest absolute Gasteiger partial charge is 0.273 e. The van der Waals surface area contributed by atoms with Crippen molar-refractivity contribution in [3.63, 3.8) is 0 Å². The molecule has 1 heterocycles. The Balaban J connectivity index is 1.96. The Bertz CT molecular complexity index is 825. The lowest BCUT2D eigenvalue weighted by atomic mass is 10.0. The normalized spacial score (nSPS) is 17.4. The molecule has 0 aliphatic carbocycles. The Morgan fingerprint density at radius 3 is 2.80 bits per heavy atom. The van der Waals surface area contributed by atoms with Crippen LogP contribution < -0.4 is 5.32 Å². The maximum absolute atomic E-state index is 13.0. The number of rotatable bonds is 3. The van der Waals surface area contributed by atoms with E-state index in [1.807, 2.05) is 18.2 Å². The SMILES string of the molecule is Cc1ccc(C(=O)N2CCNCC2c2ccccc2Cl)cc1[N+](=O)[O-]. The van der Waals surface area contributed by atoms with Crippen molar-refractivity contribution in [2.75, 3.05) is 19.6 Å². The summed E-state index contributed by atoms with van der Waals surface area (Å²) in [6.45, 7) is 3.42. The number of nitrogens with one attached hydrogen (secondary N) is 1. The summed E-state index contributed by atoms with van der Waals surface area (Å²) in [6, 6.07) is 11.8. The number of hydrogen-bond donors (Lipinski definition) is 1. The van der Waals surface area contributed by atoms with E-state index in [0.717, 1.165) is 5.56 Å². The highest BCUT2D eigenvalue weighted by Gasteiger charge is 2.30. The number of halogens is 1. The van der Waals surface area contributed by atoms with Gasteiger partial charge in [0.05, 0.1) is 11.0 Å². The van der Waals surface area contributed by atoms with Crippen LogP contribution >= 0.6 is 11.6 Å². The number of carbonyl (C=O) groups excluding carboxylic acids is 1. The van der Waals surface area contributed by atoms with Crippen molar-refractivity contribution in [1.29, 1.82) is 0 Å². The van der Waals surface area contributed by atoms with Crippen LogP contribution in [0.4, 0.5) is 5.69 Å². The quantitative estimate of drug-likeness (QED) is 0.673. The highest BCUT2D eigenvalue weighted by Crippen LogP contribution is 2.30. The van der Waals surface area contributed by atoms with Gasteiger partial charge in [-0.3, -0.25) is 14.9 Å². The molecule has 130 valence electrons. The maximum atomic E-state index is 13.0. The van der Waals surface area contributed by atoms with Crippen LogP contribution in [-0.2, 0) is 0 Å². The second-order valence-corrected chi connectivity index (χ2v) is 6.41. The van der Waals surface area contributed by atoms with Gasteiger partial charge < -0.3 is 10.2 Å². The third-order valence-electron chi connectivity index (χ3n) is 4.42. The van der Waals surface area contributed by atoms with E-state index in [-0.39, 0.29) is 17.6 Å². The van der Waals surface area contributed by atoms with E-state index in [9.17, 15) is 14.9 Å². The molecule has 2 aromatic rings. The minimum Gasteiger partial charge on any atom is -0.329 e. The lowest BCUT2D eigenvalue weighted by molar-refractivity contribution is -0.385. The second kappa shape index (κ2) is 7.21. The first-order valence-electron chi connectivity index (χ1n) is 8.00. The van der Waals surface area contributed by atoms with Crippen LogP contribution in [0.3, 0.4) is 0 Å². The fourth-order valence-corrected chi connectivity index (χ4v) is 3.34. The molecule has 1 N–H and O–H groups in total. The second-order valence-electron chi connectivity index (χ2n) is 6.00. The van der Waals surface area contributed by atoms with Crippen molar-refractivity contribution in [2.24, 2.45) is 0 Å². The van der Waals surface area contributed by atoms with Crippen LogP contribution in [0.15, 0.2) is 42.5 Å². The summed E-state index contributed by atoms with van der Waals surface area (Å²) in [4.78, 5) is 25.4. The molecule has 0 saturated carbocycles.